The Labute approximate surface area is 122 Å². The fraction of sp³-hybridized carbons (Fsp3) is 0.812. The van der Waals surface area contributed by atoms with Gasteiger partial charge in [-0.25, -0.2) is 4.98 Å². The van der Waals surface area contributed by atoms with Crippen LogP contribution in [0.4, 0.5) is 0 Å². The van der Waals surface area contributed by atoms with Gasteiger partial charge in [0.05, 0.1) is 5.01 Å². The highest BCUT2D eigenvalue weighted by molar-refractivity contribution is 7.11. The highest BCUT2D eigenvalue weighted by atomic mass is 32.1. The van der Waals surface area contributed by atoms with Crippen LogP contribution in [-0.4, -0.2) is 11.5 Å². The van der Waals surface area contributed by atoms with Gasteiger partial charge in [-0.05, 0) is 56.4 Å². The molecule has 0 unspecified atom stereocenters. The minimum atomic E-state index is 0.499. The number of aryl methyl sites for hydroxylation is 1. The number of nitrogens with zero attached hydrogens (tertiary/aromatic N) is 1. The molecule has 3 heteroatoms. The van der Waals surface area contributed by atoms with E-state index >= 15 is 0 Å². The van der Waals surface area contributed by atoms with Crippen molar-refractivity contribution in [3.8, 4) is 0 Å². The van der Waals surface area contributed by atoms with Crippen LogP contribution in [0, 0.1) is 24.2 Å². The zero-order valence-corrected chi connectivity index (χ0v) is 13.6. The maximum absolute atomic E-state index is 4.30. The maximum atomic E-state index is 4.30. The molecule has 0 aromatic carbocycles. The first kappa shape index (κ1) is 15.0. The van der Waals surface area contributed by atoms with Crippen molar-refractivity contribution in [3.63, 3.8) is 0 Å². The van der Waals surface area contributed by atoms with Gasteiger partial charge in [-0.2, -0.15) is 0 Å². The molecule has 0 atom stereocenters. The van der Waals surface area contributed by atoms with E-state index in [0.29, 0.717) is 5.41 Å². The molecule has 0 spiro atoms. The van der Waals surface area contributed by atoms with Gasteiger partial charge in [0.1, 0.15) is 0 Å². The lowest BCUT2D eigenvalue weighted by atomic mass is 9.70. The average Bonchev–Trinajstić information content (AvgIpc) is 2.75. The number of rotatable bonds is 4. The van der Waals surface area contributed by atoms with Gasteiger partial charge in [-0.3, -0.25) is 0 Å². The van der Waals surface area contributed by atoms with E-state index in [-0.39, 0.29) is 0 Å². The van der Waals surface area contributed by atoms with Crippen molar-refractivity contribution in [2.75, 3.05) is 6.54 Å². The average molecular weight is 280 g/mol. The summed E-state index contributed by atoms with van der Waals surface area (Å²) in [7, 11) is 0. The Morgan fingerprint density at radius 2 is 1.95 bits per heavy atom. The van der Waals surface area contributed by atoms with Crippen LogP contribution in [0.5, 0.6) is 0 Å². The smallest absolute Gasteiger partial charge is 0.0897 e. The second-order valence-corrected chi connectivity index (χ2v) is 8.38. The number of nitrogens with one attached hydrogen (secondary N) is 1. The van der Waals surface area contributed by atoms with E-state index in [9.17, 15) is 0 Å². The third kappa shape index (κ3) is 4.57. The van der Waals surface area contributed by atoms with E-state index in [1.807, 2.05) is 6.20 Å². The SMILES string of the molecule is Cc1ncc(CNCC2CCC(C(C)(C)C)CC2)s1. The molecule has 0 aliphatic heterocycles. The lowest BCUT2D eigenvalue weighted by Crippen LogP contribution is -2.30. The number of hydrogen-bond donors (Lipinski definition) is 1. The second kappa shape index (κ2) is 6.36. The molecule has 1 aromatic heterocycles. The normalized spacial score (nSPS) is 24.6. The van der Waals surface area contributed by atoms with Crippen molar-refractivity contribution in [2.45, 2.75) is 59.9 Å². The molecule has 108 valence electrons. The van der Waals surface area contributed by atoms with Crippen molar-refractivity contribution in [1.82, 2.24) is 10.3 Å². The standard InChI is InChI=1S/C16H28N2S/c1-12-18-11-15(19-12)10-17-9-13-5-7-14(8-6-13)16(2,3)4/h11,13-14,17H,5-10H2,1-4H3. The van der Waals surface area contributed by atoms with Crippen LogP contribution in [0.3, 0.4) is 0 Å². The lowest BCUT2D eigenvalue weighted by Gasteiger charge is -2.37. The third-order valence-corrected chi connectivity index (χ3v) is 5.39. The van der Waals surface area contributed by atoms with Crippen LogP contribution < -0.4 is 5.32 Å². The van der Waals surface area contributed by atoms with E-state index in [1.165, 1.54) is 42.1 Å². The number of aromatic nitrogens is 1. The molecule has 0 bridgehead atoms. The monoisotopic (exact) mass is 280 g/mol. The molecule has 19 heavy (non-hydrogen) atoms. The van der Waals surface area contributed by atoms with Crippen LogP contribution in [0.2, 0.25) is 0 Å². The summed E-state index contributed by atoms with van der Waals surface area (Å²) < 4.78 is 0. The molecule has 1 saturated carbocycles. The zero-order valence-electron chi connectivity index (χ0n) is 12.8. The summed E-state index contributed by atoms with van der Waals surface area (Å²) in [6.45, 7) is 11.4. The molecular formula is C16H28N2S. The second-order valence-electron chi connectivity index (χ2n) is 7.06. The van der Waals surface area contributed by atoms with Gasteiger partial charge in [0.15, 0.2) is 0 Å². The predicted molar refractivity (Wildman–Crippen MR) is 83.5 cm³/mol. The van der Waals surface area contributed by atoms with Crippen LogP contribution in [0.25, 0.3) is 0 Å². The molecule has 0 amide bonds. The summed E-state index contributed by atoms with van der Waals surface area (Å²) in [5, 5.41) is 4.78. The van der Waals surface area contributed by atoms with Crippen molar-refractivity contribution >= 4 is 11.3 Å². The van der Waals surface area contributed by atoms with Crippen molar-refractivity contribution in [3.05, 3.63) is 16.1 Å². The minimum absolute atomic E-state index is 0.499. The minimum Gasteiger partial charge on any atom is -0.312 e. The van der Waals surface area contributed by atoms with Gasteiger partial charge in [0.2, 0.25) is 0 Å². The lowest BCUT2D eigenvalue weighted by molar-refractivity contribution is 0.149. The predicted octanol–water partition coefficient (Wildman–Crippen LogP) is 4.39. The molecule has 1 fully saturated rings. The Kier molecular flexibility index (Phi) is 5.02. The third-order valence-electron chi connectivity index (χ3n) is 4.47. The van der Waals surface area contributed by atoms with Gasteiger partial charge in [-0.1, -0.05) is 20.8 Å². The van der Waals surface area contributed by atoms with Crippen molar-refractivity contribution < 1.29 is 0 Å². The highest BCUT2D eigenvalue weighted by Gasteiger charge is 2.29. The molecular weight excluding hydrogens is 252 g/mol. The Morgan fingerprint density at radius 1 is 1.26 bits per heavy atom. The van der Waals surface area contributed by atoms with Crippen molar-refractivity contribution in [1.29, 1.82) is 0 Å². The number of thiazole rings is 1. The zero-order chi connectivity index (χ0) is 13.9. The molecule has 1 heterocycles. The molecule has 1 N–H and O–H groups in total. The largest absolute Gasteiger partial charge is 0.312 e. The van der Waals surface area contributed by atoms with Crippen molar-refractivity contribution in [2.24, 2.45) is 17.3 Å². The molecule has 1 aromatic rings. The van der Waals surface area contributed by atoms with E-state index in [2.05, 4.69) is 38.0 Å². The van der Waals surface area contributed by atoms with Gasteiger partial charge in [0.25, 0.3) is 0 Å². The summed E-state index contributed by atoms with van der Waals surface area (Å²) in [4.78, 5) is 5.66. The first-order chi connectivity index (χ1) is 8.95. The summed E-state index contributed by atoms with van der Waals surface area (Å²) >= 11 is 1.80. The Bertz CT molecular complexity index is 384. The van der Waals surface area contributed by atoms with E-state index < -0.39 is 0 Å². The first-order valence-electron chi connectivity index (χ1n) is 7.57. The van der Waals surface area contributed by atoms with E-state index in [1.54, 1.807) is 11.3 Å². The molecule has 0 radical (unpaired) electrons. The van der Waals surface area contributed by atoms with Crippen LogP contribution in [0.15, 0.2) is 6.20 Å². The Morgan fingerprint density at radius 3 is 2.47 bits per heavy atom. The molecule has 2 nitrogen and oxygen atoms in total. The molecule has 0 saturated heterocycles. The number of hydrogen-bond acceptors (Lipinski definition) is 3. The van der Waals surface area contributed by atoms with Gasteiger partial charge < -0.3 is 5.32 Å². The summed E-state index contributed by atoms with van der Waals surface area (Å²) in [6.07, 6.45) is 7.63. The highest BCUT2D eigenvalue weighted by Crippen LogP contribution is 2.39. The summed E-state index contributed by atoms with van der Waals surface area (Å²) in [6, 6.07) is 0. The first-order valence-corrected chi connectivity index (χ1v) is 8.39. The maximum Gasteiger partial charge on any atom is 0.0897 e. The quantitative estimate of drug-likeness (QED) is 0.884. The van der Waals surface area contributed by atoms with Crippen LogP contribution in [0.1, 0.15) is 56.3 Å². The van der Waals surface area contributed by atoms with Gasteiger partial charge in [0, 0.05) is 17.6 Å². The molecule has 1 aliphatic carbocycles. The molecule has 2 rings (SSSR count). The Hall–Kier alpha value is -0.410. The van der Waals surface area contributed by atoms with E-state index in [4.69, 9.17) is 0 Å². The topological polar surface area (TPSA) is 24.9 Å². The van der Waals surface area contributed by atoms with Gasteiger partial charge in [-0.15, -0.1) is 11.3 Å². The van der Waals surface area contributed by atoms with E-state index in [0.717, 1.165) is 18.4 Å². The molecule has 1 aliphatic rings. The van der Waals surface area contributed by atoms with Crippen LogP contribution >= 0.6 is 11.3 Å². The fourth-order valence-corrected chi connectivity index (χ4v) is 3.88. The summed E-state index contributed by atoms with van der Waals surface area (Å²) in [5.41, 5.74) is 0.499. The summed E-state index contributed by atoms with van der Waals surface area (Å²) in [5.74, 6) is 1.81. The fourth-order valence-electron chi connectivity index (χ4n) is 3.12. The van der Waals surface area contributed by atoms with Crippen LogP contribution in [-0.2, 0) is 6.54 Å². The Balaban J connectivity index is 1.66. The van der Waals surface area contributed by atoms with Gasteiger partial charge >= 0.3 is 0 Å².